The highest BCUT2D eigenvalue weighted by molar-refractivity contribution is 5.89. The third-order valence-electron chi connectivity index (χ3n) is 4.65. The number of carbonyl (C=O) groups excluding carboxylic acids is 1. The van der Waals surface area contributed by atoms with Gasteiger partial charge in [0.25, 0.3) is 0 Å². The van der Waals surface area contributed by atoms with E-state index >= 15 is 0 Å². The number of likely N-dealkylation sites (N-methyl/N-ethyl adjacent to an activating group) is 1. The smallest absolute Gasteiger partial charge is 0.338 e. The number of esters is 1. The molecule has 2 bridgehead atoms. The quantitative estimate of drug-likeness (QED) is 0.794. The first kappa shape index (κ1) is 13.4. The fourth-order valence-electron chi connectivity index (χ4n) is 3.46. The van der Waals surface area contributed by atoms with Crippen LogP contribution in [0.2, 0.25) is 0 Å². The van der Waals surface area contributed by atoms with Crippen LogP contribution < -0.4 is 4.74 Å². The first-order chi connectivity index (χ1) is 9.69. The van der Waals surface area contributed by atoms with Gasteiger partial charge in [-0.05, 0) is 44.2 Å². The summed E-state index contributed by atoms with van der Waals surface area (Å²) >= 11 is 0. The molecule has 20 heavy (non-hydrogen) atoms. The standard InChI is InChI=1S/C16H21NO3/c1-17-12-4-3-5-14(17)15(10-12)20-16(18)11-6-8-13(19-2)9-7-11/h6-9,12,14-15H,3-5,10H2,1-2H3. The maximum absolute atomic E-state index is 12.2. The highest BCUT2D eigenvalue weighted by atomic mass is 16.5. The number of fused-ring (bicyclic) bond motifs is 2. The molecule has 108 valence electrons. The van der Waals surface area contributed by atoms with Gasteiger partial charge in [0, 0.05) is 18.5 Å². The lowest BCUT2D eigenvalue weighted by molar-refractivity contribution is 0.0197. The van der Waals surface area contributed by atoms with Gasteiger partial charge in [0.2, 0.25) is 0 Å². The van der Waals surface area contributed by atoms with Crippen molar-refractivity contribution in [1.82, 2.24) is 4.90 Å². The third-order valence-corrected chi connectivity index (χ3v) is 4.65. The summed E-state index contributed by atoms with van der Waals surface area (Å²) in [6.45, 7) is 0. The Morgan fingerprint density at radius 2 is 2.00 bits per heavy atom. The molecule has 0 saturated carbocycles. The highest BCUT2D eigenvalue weighted by Crippen LogP contribution is 2.36. The van der Waals surface area contributed by atoms with Crippen molar-refractivity contribution in [3.63, 3.8) is 0 Å². The maximum Gasteiger partial charge on any atom is 0.338 e. The van der Waals surface area contributed by atoms with Gasteiger partial charge in [0.05, 0.1) is 12.7 Å². The van der Waals surface area contributed by atoms with E-state index in [1.807, 2.05) is 0 Å². The van der Waals surface area contributed by atoms with E-state index in [1.165, 1.54) is 12.8 Å². The van der Waals surface area contributed by atoms with E-state index in [0.29, 0.717) is 17.6 Å². The number of hydrogen-bond acceptors (Lipinski definition) is 4. The zero-order valence-corrected chi connectivity index (χ0v) is 12.0. The van der Waals surface area contributed by atoms with Crippen molar-refractivity contribution in [2.45, 2.75) is 43.9 Å². The van der Waals surface area contributed by atoms with Crippen molar-refractivity contribution in [2.24, 2.45) is 0 Å². The molecular formula is C16H21NO3. The second-order valence-corrected chi connectivity index (χ2v) is 5.73. The minimum atomic E-state index is -0.224. The fourth-order valence-corrected chi connectivity index (χ4v) is 3.46. The average molecular weight is 275 g/mol. The summed E-state index contributed by atoms with van der Waals surface area (Å²) in [6, 6.07) is 8.07. The summed E-state index contributed by atoms with van der Waals surface area (Å²) in [5, 5.41) is 0. The zero-order chi connectivity index (χ0) is 14.1. The molecule has 0 spiro atoms. The van der Waals surface area contributed by atoms with Crippen molar-refractivity contribution in [2.75, 3.05) is 14.2 Å². The number of carbonyl (C=O) groups is 1. The minimum absolute atomic E-state index is 0.0436. The fraction of sp³-hybridized carbons (Fsp3) is 0.562. The Kier molecular flexibility index (Phi) is 3.66. The first-order valence-electron chi connectivity index (χ1n) is 7.26. The van der Waals surface area contributed by atoms with Crippen molar-refractivity contribution < 1.29 is 14.3 Å². The van der Waals surface area contributed by atoms with E-state index in [0.717, 1.165) is 18.6 Å². The molecule has 1 aromatic rings. The van der Waals surface area contributed by atoms with Gasteiger partial charge in [-0.15, -0.1) is 0 Å². The summed E-state index contributed by atoms with van der Waals surface area (Å²) < 4.78 is 10.8. The van der Waals surface area contributed by atoms with Crippen LogP contribution in [0.25, 0.3) is 0 Å². The van der Waals surface area contributed by atoms with Crippen LogP contribution >= 0.6 is 0 Å². The molecule has 2 aliphatic rings. The van der Waals surface area contributed by atoms with Crippen molar-refractivity contribution in [1.29, 1.82) is 0 Å². The molecule has 2 fully saturated rings. The van der Waals surface area contributed by atoms with Crippen LogP contribution in [0.3, 0.4) is 0 Å². The largest absolute Gasteiger partial charge is 0.497 e. The molecule has 0 N–H and O–H groups in total. The van der Waals surface area contributed by atoms with Gasteiger partial charge in [-0.2, -0.15) is 0 Å². The summed E-state index contributed by atoms with van der Waals surface area (Å²) in [4.78, 5) is 14.6. The number of benzene rings is 1. The first-order valence-corrected chi connectivity index (χ1v) is 7.26. The lowest BCUT2D eigenvalue weighted by Gasteiger charge is -2.31. The summed E-state index contributed by atoms with van der Waals surface area (Å²) in [5.74, 6) is 0.525. The van der Waals surface area contributed by atoms with Gasteiger partial charge in [0.1, 0.15) is 11.9 Å². The van der Waals surface area contributed by atoms with Gasteiger partial charge >= 0.3 is 5.97 Å². The van der Waals surface area contributed by atoms with Crippen LogP contribution in [0.4, 0.5) is 0 Å². The third kappa shape index (κ3) is 2.40. The Balaban J connectivity index is 1.66. The van der Waals surface area contributed by atoms with Gasteiger partial charge < -0.3 is 9.47 Å². The maximum atomic E-state index is 12.2. The van der Waals surface area contributed by atoms with Gasteiger partial charge in [-0.1, -0.05) is 6.42 Å². The molecule has 0 aliphatic carbocycles. The second-order valence-electron chi connectivity index (χ2n) is 5.73. The van der Waals surface area contributed by atoms with E-state index in [2.05, 4.69) is 11.9 Å². The molecule has 4 heteroatoms. The molecule has 4 nitrogen and oxygen atoms in total. The van der Waals surface area contributed by atoms with Gasteiger partial charge in [0.15, 0.2) is 0 Å². The zero-order valence-electron chi connectivity index (χ0n) is 12.0. The molecule has 0 amide bonds. The molecule has 0 radical (unpaired) electrons. The Morgan fingerprint density at radius 3 is 2.65 bits per heavy atom. The number of nitrogens with zero attached hydrogens (tertiary/aromatic N) is 1. The van der Waals surface area contributed by atoms with Crippen LogP contribution in [0.1, 0.15) is 36.0 Å². The number of ether oxygens (including phenoxy) is 2. The van der Waals surface area contributed by atoms with Crippen LogP contribution in [0, 0.1) is 0 Å². The Bertz CT molecular complexity index is 485. The molecule has 3 rings (SSSR count). The lowest BCUT2D eigenvalue weighted by atomic mass is 10.0. The summed E-state index contributed by atoms with van der Waals surface area (Å²) in [5.41, 5.74) is 0.593. The molecular weight excluding hydrogens is 254 g/mol. The van der Waals surface area contributed by atoms with Crippen LogP contribution in [0.5, 0.6) is 5.75 Å². The highest BCUT2D eigenvalue weighted by Gasteiger charge is 2.43. The second kappa shape index (κ2) is 5.44. The van der Waals surface area contributed by atoms with E-state index in [4.69, 9.17) is 9.47 Å². The predicted molar refractivity (Wildman–Crippen MR) is 76.0 cm³/mol. The van der Waals surface area contributed by atoms with Crippen LogP contribution in [0.15, 0.2) is 24.3 Å². The Morgan fingerprint density at radius 1 is 1.25 bits per heavy atom. The molecule has 3 atom stereocenters. The number of methoxy groups -OCH3 is 1. The molecule has 2 saturated heterocycles. The summed E-state index contributed by atoms with van der Waals surface area (Å²) in [7, 11) is 3.76. The van der Waals surface area contributed by atoms with Crippen LogP contribution in [-0.2, 0) is 4.74 Å². The van der Waals surface area contributed by atoms with E-state index < -0.39 is 0 Å². The average Bonchev–Trinajstić information content (AvgIpc) is 2.66. The monoisotopic (exact) mass is 275 g/mol. The topological polar surface area (TPSA) is 38.8 Å². The SMILES string of the molecule is COc1ccc(C(=O)OC2CC3CCCC2N3C)cc1. The minimum Gasteiger partial charge on any atom is -0.497 e. The lowest BCUT2D eigenvalue weighted by Crippen LogP contribution is -2.39. The Labute approximate surface area is 119 Å². The molecule has 1 aromatic carbocycles. The van der Waals surface area contributed by atoms with E-state index in [9.17, 15) is 4.79 Å². The van der Waals surface area contributed by atoms with Gasteiger partial charge in [-0.25, -0.2) is 4.79 Å². The van der Waals surface area contributed by atoms with Gasteiger partial charge in [-0.3, -0.25) is 4.90 Å². The Hall–Kier alpha value is -1.55. The van der Waals surface area contributed by atoms with Crippen molar-refractivity contribution in [3.8, 4) is 5.75 Å². The predicted octanol–water partition coefficient (Wildman–Crippen LogP) is 2.48. The normalized spacial score (nSPS) is 29.2. The number of piperidine rings is 1. The molecule has 0 aromatic heterocycles. The van der Waals surface area contributed by atoms with Crippen molar-refractivity contribution in [3.05, 3.63) is 29.8 Å². The van der Waals surface area contributed by atoms with E-state index in [-0.39, 0.29) is 12.1 Å². The molecule has 2 aliphatic heterocycles. The molecule has 3 unspecified atom stereocenters. The molecule has 2 heterocycles. The van der Waals surface area contributed by atoms with Crippen molar-refractivity contribution >= 4 is 5.97 Å². The van der Waals surface area contributed by atoms with Crippen LogP contribution in [-0.4, -0.2) is 43.2 Å². The number of hydrogen-bond donors (Lipinski definition) is 0. The van der Waals surface area contributed by atoms with E-state index in [1.54, 1.807) is 31.4 Å². The number of rotatable bonds is 3. The summed E-state index contributed by atoms with van der Waals surface area (Å²) in [6.07, 6.45) is 4.62.